The fourth-order valence-electron chi connectivity index (χ4n) is 3.52. The maximum absolute atomic E-state index is 13.4. The molecular weight excluding hydrogens is 449 g/mol. The van der Waals surface area contributed by atoms with Gasteiger partial charge >= 0.3 is 0 Å². The van der Waals surface area contributed by atoms with Crippen LogP contribution in [-0.4, -0.2) is 36.5 Å². The minimum atomic E-state index is -0.366. The lowest BCUT2D eigenvalue weighted by molar-refractivity contribution is 0.0944. The van der Waals surface area contributed by atoms with Gasteiger partial charge in [-0.3, -0.25) is 4.79 Å². The van der Waals surface area contributed by atoms with Crippen molar-refractivity contribution in [2.45, 2.75) is 13.0 Å². The number of ether oxygens (including phenoxy) is 3. The molecule has 7 nitrogen and oxygen atoms in total. The van der Waals surface area contributed by atoms with Crippen LogP contribution in [0.1, 0.15) is 21.6 Å². The van der Waals surface area contributed by atoms with Crippen molar-refractivity contribution in [2.75, 3.05) is 20.8 Å². The molecule has 4 aromatic rings. The fourth-order valence-corrected chi connectivity index (χ4v) is 3.52. The lowest BCUT2D eigenvalue weighted by atomic mass is 10.1. The Kier molecular flexibility index (Phi) is 7.62. The highest BCUT2D eigenvalue weighted by Crippen LogP contribution is 2.27. The third-order valence-electron chi connectivity index (χ3n) is 5.37. The minimum absolute atomic E-state index is 0.151. The molecule has 1 aromatic heterocycles. The molecule has 180 valence electrons. The highest BCUT2D eigenvalue weighted by molar-refractivity contribution is 5.95. The maximum atomic E-state index is 13.4. The Hall–Kier alpha value is -4.33. The summed E-state index contributed by atoms with van der Waals surface area (Å²) in [7, 11) is 3.16. The van der Waals surface area contributed by atoms with Crippen LogP contribution in [0.3, 0.4) is 0 Å². The van der Waals surface area contributed by atoms with E-state index in [1.54, 1.807) is 32.5 Å². The van der Waals surface area contributed by atoms with Gasteiger partial charge in [-0.15, -0.1) is 0 Å². The molecule has 0 unspecified atom stereocenters. The number of nitrogens with one attached hydrogen (secondary N) is 1. The van der Waals surface area contributed by atoms with Gasteiger partial charge in [0.25, 0.3) is 5.91 Å². The van der Waals surface area contributed by atoms with Gasteiger partial charge in [0.05, 0.1) is 26.1 Å². The molecule has 0 bridgehead atoms. The lowest BCUT2D eigenvalue weighted by Gasteiger charge is -2.10. The summed E-state index contributed by atoms with van der Waals surface area (Å²) in [6.45, 7) is 0.664. The summed E-state index contributed by atoms with van der Waals surface area (Å²) >= 11 is 0. The summed E-state index contributed by atoms with van der Waals surface area (Å²) in [5.41, 5.74) is 2.71. The Morgan fingerprint density at radius 3 is 2.37 bits per heavy atom. The van der Waals surface area contributed by atoms with Crippen LogP contribution >= 0.6 is 0 Å². The van der Waals surface area contributed by atoms with Crippen LogP contribution < -0.4 is 19.5 Å². The lowest BCUT2D eigenvalue weighted by Crippen LogP contribution is -2.26. The Morgan fingerprint density at radius 1 is 0.914 bits per heavy atom. The monoisotopic (exact) mass is 475 g/mol. The van der Waals surface area contributed by atoms with E-state index in [9.17, 15) is 9.18 Å². The van der Waals surface area contributed by atoms with Gasteiger partial charge in [0, 0.05) is 6.54 Å². The molecule has 0 fully saturated rings. The van der Waals surface area contributed by atoms with Gasteiger partial charge in [0.1, 0.15) is 12.4 Å². The summed E-state index contributed by atoms with van der Waals surface area (Å²) in [5.74, 6) is 0.892. The van der Waals surface area contributed by atoms with E-state index in [0.29, 0.717) is 35.9 Å². The van der Waals surface area contributed by atoms with Crippen molar-refractivity contribution in [3.8, 4) is 22.9 Å². The molecule has 0 spiro atoms. The second-order valence-corrected chi connectivity index (χ2v) is 7.73. The SMILES string of the molecule is COc1ccc(CCNC(=O)c2nn(-c3ccc(F)cc3)cc2OCc2ccccc2)cc1OC. The topological polar surface area (TPSA) is 74.6 Å². The predicted molar refractivity (Wildman–Crippen MR) is 130 cm³/mol. The van der Waals surface area contributed by atoms with Gasteiger partial charge in [0.15, 0.2) is 22.9 Å². The number of rotatable bonds is 10. The molecule has 0 radical (unpaired) electrons. The van der Waals surface area contributed by atoms with Crippen molar-refractivity contribution in [3.63, 3.8) is 0 Å². The summed E-state index contributed by atoms with van der Waals surface area (Å²) in [6.07, 6.45) is 2.21. The highest BCUT2D eigenvalue weighted by Gasteiger charge is 2.19. The number of amides is 1. The summed E-state index contributed by atoms with van der Waals surface area (Å²) in [4.78, 5) is 13.0. The molecular formula is C27H26FN3O4. The number of hydrogen-bond donors (Lipinski definition) is 1. The molecule has 1 heterocycles. The van der Waals surface area contributed by atoms with Gasteiger partial charge in [-0.25, -0.2) is 9.07 Å². The Balaban J connectivity index is 1.48. The molecule has 4 rings (SSSR count). The zero-order valence-corrected chi connectivity index (χ0v) is 19.5. The smallest absolute Gasteiger partial charge is 0.275 e. The molecule has 0 saturated carbocycles. The number of halogens is 1. The molecule has 3 aromatic carbocycles. The minimum Gasteiger partial charge on any atom is -0.493 e. The van der Waals surface area contributed by atoms with Crippen molar-refractivity contribution in [1.29, 1.82) is 0 Å². The second kappa shape index (κ2) is 11.2. The van der Waals surface area contributed by atoms with E-state index in [1.807, 2.05) is 48.5 Å². The number of nitrogens with zero attached hydrogens (tertiary/aromatic N) is 2. The molecule has 0 aliphatic heterocycles. The van der Waals surface area contributed by atoms with Crippen molar-refractivity contribution >= 4 is 5.91 Å². The van der Waals surface area contributed by atoms with Crippen LogP contribution in [0.25, 0.3) is 5.69 Å². The summed E-state index contributed by atoms with van der Waals surface area (Å²) < 4.78 is 31.4. The van der Waals surface area contributed by atoms with Gasteiger partial charge in [0.2, 0.25) is 0 Å². The van der Waals surface area contributed by atoms with E-state index in [4.69, 9.17) is 14.2 Å². The molecule has 0 saturated heterocycles. The van der Waals surface area contributed by atoms with Crippen LogP contribution in [0.4, 0.5) is 4.39 Å². The molecule has 1 amide bonds. The molecule has 0 aliphatic carbocycles. The van der Waals surface area contributed by atoms with E-state index >= 15 is 0 Å². The Labute approximate surface area is 203 Å². The summed E-state index contributed by atoms with van der Waals surface area (Å²) in [5, 5.41) is 7.32. The Bertz CT molecular complexity index is 1270. The standard InChI is InChI=1S/C27H26FN3O4/c1-33-23-13-8-19(16-24(23)34-2)14-15-29-27(32)26-25(35-18-20-6-4-3-5-7-20)17-31(30-26)22-11-9-21(28)10-12-22/h3-13,16-17H,14-15,18H2,1-2H3,(H,29,32). The van der Waals surface area contributed by atoms with Gasteiger partial charge in [-0.05, 0) is 53.9 Å². The van der Waals surface area contributed by atoms with E-state index in [1.165, 1.54) is 16.8 Å². The van der Waals surface area contributed by atoms with Crippen LogP contribution in [0, 0.1) is 5.82 Å². The van der Waals surface area contributed by atoms with Crippen molar-refractivity contribution in [1.82, 2.24) is 15.1 Å². The molecule has 8 heteroatoms. The van der Waals surface area contributed by atoms with Gasteiger partial charge in [-0.1, -0.05) is 36.4 Å². The Morgan fingerprint density at radius 2 is 1.66 bits per heavy atom. The third-order valence-corrected chi connectivity index (χ3v) is 5.37. The predicted octanol–water partition coefficient (Wildman–Crippen LogP) is 4.58. The van der Waals surface area contributed by atoms with Crippen LogP contribution in [0.15, 0.2) is 79.0 Å². The van der Waals surface area contributed by atoms with Gasteiger partial charge in [-0.2, -0.15) is 5.10 Å². The quantitative estimate of drug-likeness (QED) is 0.363. The number of hydrogen-bond acceptors (Lipinski definition) is 5. The van der Waals surface area contributed by atoms with Crippen molar-refractivity contribution in [2.24, 2.45) is 0 Å². The third kappa shape index (κ3) is 5.97. The van der Waals surface area contributed by atoms with E-state index in [0.717, 1.165) is 11.1 Å². The number of carbonyl (C=O) groups excluding carboxylic acids is 1. The first kappa shape index (κ1) is 23.8. The number of carbonyl (C=O) groups is 1. The molecule has 1 N–H and O–H groups in total. The van der Waals surface area contributed by atoms with E-state index < -0.39 is 0 Å². The molecule has 35 heavy (non-hydrogen) atoms. The zero-order chi connectivity index (χ0) is 24.6. The average molecular weight is 476 g/mol. The van der Waals surface area contributed by atoms with E-state index in [-0.39, 0.29) is 24.0 Å². The summed E-state index contributed by atoms with van der Waals surface area (Å²) in [6, 6.07) is 21.1. The maximum Gasteiger partial charge on any atom is 0.275 e. The largest absolute Gasteiger partial charge is 0.493 e. The fraction of sp³-hybridized carbons (Fsp3) is 0.185. The number of methoxy groups -OCH3 is 2. The number of benzene rings is 3. The van der Waals surface area contributed by atoms with Crippen molar-refractivity contribution < 1.29 is 23.4 Å². The first-order valence-electron chi connectivity index (χ1n) is 11.1. The zero-order valence-electron chi connectivity index (χ0n) is 19.5. The van der Waals surface area contributed by atoms with Gasteiger partial charge < -0.3 is 19.5 Å². The molecule has 0 atom stereocenters. The normalized spacial score (nSPS) is 10.6. The van der Waals surface area contributed by atoms with E-state index in [2.05, 4.69) is 10.4 Å². The van der Waals surface area contributed by atoms with Crippen LogP contribution in [0.5, 0.6) is 17.2 Å². The number of aromatic nitrogens is 2. The van der Waals surface area contributed by atoms with Crippen LogP contribution in [-0.2, 0) is 13.0 Å². The van der Waals surface area contributed by atoms with Crippen molar-refractivity contribution in [3.05, 3.63) is 102 Å². The average Bonchev–Trinajstić information content (AvgIpc) is 3.32. The first-order valence-corrected chi connectivity index (χ1v) is 11.1. The first-order chi connectivity index (χ1) is 17.1. The van der Waals surface area contributed by atoms with Crippen LogP contribution in [0.2, 0.25) is 0 Å². The molecule has 0 aliphatic rings. The highest BCUT2D eigenvalue weighted by atomic mass is 19.1. The second-order valence-electron chi connectivity index (χ2n) is 7.73.